The van der Waals surface area contributed by atoms with Crippen molar-refractivity contribution >= 4 is 5.91 Å². The molecular formula is C19H24N2O2. The van der Waals surface area contributed by atoms with Gasteiger partial charge in [0.15, 0.2) is 0 Å². The Balaban J connectivity index is 1.48. The van der Waals surface area contributed by atoms with E-state index >= 15 is 0 Å². The van der Waals surface area contributed by atoms with Crippen LogP contribution in [-0.2, 0) is 6.54 Å². The molecule has 1 fully saturated rings. The molecule has 4 nitrogen and oxygen atoms in total. The highest BCUT2D eigenvalue weighted by atomic mass is 16.3. The van der Waals surface area contributed by atoms with Gasteiger partial charge in [-0.2, -0.15) is 0 Å². The van der Waals surface area contributed by atoms with Gasteiger partial charge in [-0.15, -0.1) is 0 Å². The molecule has 23 heavy (non-hydrogen) atoms. The number of benzene rings is 1. The van der Waals surface area contributed by atoms with Crippen LogP contribution in [0.15, 0.2) is 40.8 Å². The molecule has 4 heteroatoms. The maximum Gasteiger partial charge on any atom is 0.253 e. The van der Waals surface area contributed by atoms with Crippen LogP contribution < -0.4 is 5.32 Å². The average molecular weight is 312 g/mol. The van der Waals surface area contributed by atoms with Crippen molar-refractivity contribution in [2.75, 3.05) is 13.1 Å². The third kappa shape index (κ3) is 4.02. The quantitative estimate of drug-likeness (QED) is 0.942. The van der Waals surface area contributed by atoms with Gasteiger partial charge in [0.05, 0.1) is 6.54 Å². The smallest absolute Gasteiger partial charge is 0.253 e. The number of piperidine rings is 1. The van der Waals surface area contributed by atoms with Crippen molar-refractivity contribution < 1.29 is 9.21 Å². The summed E-state index contributed by atoms with van der Waals surface area (Å²) in [6, 6.07) is 12.3. The van der Waals surface area contributed by atoms with E-state index in [0.717, 1.165) is 49.6 Å². The van der Waals surface area contributed by atoms with Crippen LogP contribution in [0, 0.1) is 13.8 Å². The first-order valence-corrected chi connectivity index (χ1v) is 8.26. The highest BCUT2D eigenvalue weighted by Gasteiger charge is 2.23. The minimum atomic E-state index is 0.144. The Bertz CT molecular complexity index is 652. The maximum absolute atomic E-state index is 12.5. The lowest BCUT2D eigenvalue weighted by Gasteiger charge is -2.32. The summed E-state index contributed by atoms with van der Waals surface area (Å²) in [5.74, 6) is 2.06. The number of hydrogen-bond acceptors (Lipinski definition) is 3. The van der Waals surface area contributed by atoms with Crippen molar-refractivity contribution in [1.29, 1.82) is 0 Å². The van der Waals surface area contributed by atoms with Crippen LogP contribution in [-0.4, -0.2) is 29.9 Å². The molecule has 1 N–H and O–H groups in total. The van der Waals surface area contributed by atoms with Crippen molar-refractivity contribution in [3.05, 3.63) is 59.0 Å². The Kier molecular flexibility index (Phi) is 4.82. The van der Waals surface area contributed by atoms with Crippen LogP contribution in [0.1, 0.15) is 40.3 Å². The van der Waals surface area contributed by atoms with E-state index < -0.39 is 0 Å². The minimum Gasteiger partial charge on any atom is -0.465 e. The lowest BCUT2D eigenvalue weighted by Crippen LogP contribution is -2.44. The first-order valence-electron chi connectivity index (χ1n) is 8.26. The Morgan fingerprint density at radius 3 is 2.43 bits per heavy atom. The molecule has 0 bridgehead atoms. The van der Waals surface area contributed by atoms with Crippen molar-refractivity contribution in [3.63, 3.8) is 0 Å². The Labute approximate surface area is 137 Å². The molecule has 0 saturated carbocycles. The van der Waals surface area contributed by atoms with Crippen molar-refractivity contribution in [1.82, 2.24) is 10.2 Å². The molecule has 1 amide bonds. The number of amides is 1. The molecule has 2 aromatic rings. The highest BCUT2D eigenvalue weighted by molar-refractivity contribution is 5.94. The first-order chi connectivity index (χ1) is 11.1. The first kappa shape index (κ1) is 15.8. The molecular weight excluding hydrogens is 288 g/mol. The van der Waals surface area contributed by atoms with E-state index in [-0.39, 0.29) is 5.91 Å². The highest BCUT2D eigenvalue weighted by Crippen LogP contribution is 2.15. The molecule has 0 radical (unpaired) electrons. The lowest BCUT2D eigenvalue weighted by molar-refractivity contribution is 0.0704. The molecule has 2 heterocycles. The molecule has 0 spiro atoms. The van der Waals surface area contributed by atoms with Gasteiger partial charge in [0.2, 0.25) is 0 Å². The topological polar surface area (TPSA) is 45.5 Å². The van der Waals surface area contributed by atoms with Crippen LogP contribution in [0.2, 0.25) is 0 Å². The van der Waals surface area contributed by atoms with Crippen molar-refractivity contribution in [2.24, 2.45) is 0 Å². The summed E-state index contributed by atoms with van der Waals surface area (Å²) in [6.45, 7) is 6.36. The van der Waals surface area contributed by atoms with Crippen molar-refractivity contribution in [2.45, 2.75) is 39.3 Å². The Morgan fingerprint density at radius 2 is 1.83 bits per heavy atom. The normalized spacial score (nSPS) is 15.8. The van der Waals surface area contributed by atoms with Crippen LogP contribution in [0.4, 0.5) is 0 Å². The van der Waals surface area contributed by atoms with Gasteiger partial charge >= 0.3 is 0 Å². The van der Waals surface area contributed by atoms with Gasteiger partial charge in [0.25, 0.3) is 5.91 Å². The van der Waals surface area contributed by atoms with E-state index in [1.54, 1.807) is 0 Å². The molecule has 1 saturated heterocycles. The van der Waals surface area contributed by atoms with Gasteiger partial charge in [-0.05, 0) is 51.0 Å². The zero-order valence-electron chi connectivity index (χ0n) is 13.8. The predicted molar refractivity (Wildman–Crippen MR) is 90.4 cm³/mol. The molecule has 1 aliphatic heterocycles. The monoisotopic (exact) mass is 312 g/mol. The standard InChI is InChI=1S/C19H24N2O2/c1-14-3-6-16(7-4-14)19(22)21-11-9-17(10-12-21)20-13-18-8-5-15(2)23-18/h3-8,17,20H,9-13H2,1-2H3. The fraction of sp³-hybridized carbons (Fsp3) is 0.421. The minimum absolute atomic E-state index is 0.144. The number of furan rings is 1. The fourth-order valence-electron chi connectivity index (χ4n) is 2.99. The van der Waals surface area contributed by atoms with E-state index in [2.05, 4.69) is 5.32 Å². The number of aryl methyl sites for hydroxylation is 2. The van der Waals surface area contributed by atoms with E-state index in [1.807, 2.05) is 55.1 Å². The summed E-state index contributed by atoms with van der Waals surface area (Å²) in [4.78, 5) is 14.4. The van der Waals surface area contributed by atoms with Gasteiger partial charge in [-0.3, -0.25) is 4.79 Å². The number of nitrogens with zero attached hydrogens (tertiary/aromatic N) is 1. The van der Waals surface area contributed by atoms with E-state index in [1.165, 1.54) is 5.56 Å². The third-order valence-corrected chi connectivity index (χ3v) is 4.44. The number of carbonyl (C=O) groups excluding carboxylic acids is 1. The van der Waals surface area contributed by atoms with Gasteiger partial charge in [0, 0.05) is 24.7 Å². The Morgan fingerprint density at radius 1 is 1.13 bits per heavy atom. The SMILES string of the molecule is Cc1ccc(C(=O)N2CCC(NCc3ccc(C)o3)CC2)cc1. The molecule has 1 aliphatic rings. The van der Waals surface area contributed by atoms with Gasteiger partial charge < -0.3 is 14.6 Å². The summed E-state index contributed by atoms with van der Waals surface area (Å²) in [7, 11) is 0. The molecule has 1 aromatic heterocycles. The summed E-state index contributed by atoms with van der Waals surface area (Å²) < 4.78 is 5.57. The molecule has 0 atom stereocenters. The third-order valence-electron chi connectivity index (χ3n) is 4.44. The number of nitrogens with one attached hydrogen (secondary N) is 1. The van der Waals surface area contributed by atoms with Gasteiger partial charge in [-0.25, -0.2) is 0 Å². The maximum atomic E-state index is 12.5. The van der Waals surface area contributed by atoms with E-state index in [4.69, 9.17) is 4.42 Å². The van der Waals surface area contributed by atoms with Crippen LogP contribution in [0.3, 0.4) is 0 Å². The average Bonchev–Trinajstić information content (AvgIpc) is 2.99. The summed E-state index contributed by atoms with van der Waals surface area (Å²) in [5.41, 5.74) is 1.96. The van der Waals surface area contributed by atoms with E-state index in [9.17, 15) is 4.79 Å². The zero-order valence-corrected chi connectivity index (χ0v) is 13.8. The lowest BCUT2D eigenvalue weighted by atomic mass is 10.0. The molecule has 0 unspecified atom stereocenters. The molecule has 0 aliphatic carbocycles. The number of carbonyl (C=O) groups is 1. The van der Waals surface area contributed by atoms with Crippen LogP contribution >= 0.6 is 0 Å². The van der Waals surface area contributed by atoms with E-state index in [0.29, 0.717) is 6.04 Å². The molecule has 122 valence electrons. The second kappa shape index (κ2) is 7.01. The summed E-state index contributed by atoms with van der Waals surface area (Å²) in [5, 5.41) is 3.53. The predicted octanol–water partition coefficient (Wildman–Crippen LogP) is 3.29. The fourth-order valence-corrected chi connectivity index (χ4v) is 2.99. The Hall–Kier alpha value is -2.07. The number of likely N-dealkylation sites (tertiary alicyclic amines) is 1. The second-order valence-corrected chi connectivity index (χ2v) is 6.33. The van der Waals surface area contributed by atoms with Gasteiger partial charge in [0.1, 0.15) is 11.5 Å². The van der Waals surface area contributed by atoms with Crippen molar-refractivity contribution in [3.8, 4) is 0 Å². The zero-order chi connectivity index (χ0) is 16.2. The largest absolute Gasteiger partial charge is 0.465 e. The number of rotatable bonds is 4. The van der Waals surface area contributed by atoms with Gasteiger partial charge in [-0.1, -0.05) is 17.7 Å². The van der Waals surface area contributed by atoms with Crippen LogP contribution in [0.25, 0.3) is 0 Å². The number of hydrogen-bond donors (Lipinski definition) is 1. The molecule has 1 aromatic carbocycles. The van der Waals surface area contributed by atoms with Crippen LogP contribution in [0.5, 0.6) is 0 Å². The molecule has 3 rings (SSSR count). The summed E-state index contributed by atoms with van der Waals surface area (Å²) in [6.07, 6.45) is 1.97. The summed E-state index contributed by atoms with van der Waals surface area (Å²) >= 11 is 0. The second-order valence-electron chi connectivity index (χ2n) is 6.33.